The van der Waals surface area contributed by atoms with E-state index in [4.69, 9.17) is 19.7 Å². The number of rotatable bonds is 7. The second kappa shape index (κ2) is 8.26. The van der Waals surface area contributed by atoms with Gasteiger partial charge >= 0.3 is 0 Å². The number of nitrogens with zero attached hydrogens (tertiary/aromatic N) is 1. The van der Waals surface area contributed by atoms with Gasteiger partial charge in [0.25, 0.3) is 0 Å². The Balaban J connectivity index is 1.67. The number of nitrogens with two attached hydrogens (primary N) is 1. The van der Waals surface area contributed by atoms with E-state index in [1.807, 2.05) is 6.07 Å². The lowest BCUT2D eigenvalue weighted by atomic mass is 10.1. The molecule has 0 unspecified atom stereocenters. The molecule has 0 saturated heterocycles. The highest BCUT2D eigenvalue weighted by Crippen LogP contribution is 2.32. The predicted octanol–water partition coefficient (Wildman–Crippen LogP) is 2.64. The number of primary amides is 1. The first-order chi connectivity index (χ1) is 13.5. The maximum Gasteiger partial charge on any atom is 0.248 e. The molecule has 0 fully saturated rings. The molecule has 0 saturated carbocycles. The number of carbonyl (C=O) groups is 2. The Morgan fingerprint density at radius 3 is 2.39 bits per heavy atom. The molecule has 8 heteroatoms. The quantitative estimate of drug-likeness (QED) is 0.650. The summed E-state index contributed by atoms with van der Waals surface area (Å²) in [6.07, 6.45) is 0.0361. The van der Waals surface area contributed by atoms with Gasteiger partial charge in [-0.2, -0.15) is 0 Å². The number of nitrogens with one attached hydrogen (secondary N) is 1. The van der Waals surface area contributed by atoms with Gasteiger partial charge in [-0.25, -0.2) is 0 Å². The standard InChI is InChI=1S/C20H19N3O5/c1-26-16-8-5-13(9-18(16)27-2)17-10-15(23-28-17)11-19(24)22-14-6-3-12(4-7-14)20(21)25/h3-10H,11H2,1-2H3,(H2,21,25)(H,22,24). The van der Waals surface area contributed by atoms with Crippen LogP contribution in [0.1, 0.15) is 16.1 Å². The van der Waals surface area contributed by atoms with Crippen LogP contribution < -0.4 is 20.5 Å². The van der Waals surface area contributed by atoms with Crippen molar-refractivity contribution >= 4 is 17.5 Å². The number of carbonyl (C=O) groups excluding carboxylic acids is 2. The molecule has 3 N–H and O–H groups in total. The van der Waals surface area contributed by atoms with Gasteiger partial charge in [0.1, 0.15) is 0 Å². The topological polar surface area (TPSA) is 117 Å². The summed E-state index contributed by atoms with van der Waals surface area (Å²) in [5, 5.41) is 6.67. The first-order valence-corrected chi connectivity index (χ1v) is 8.38. The molecule has 0 bridgehead atoms. The van der Waals surface area contributed by atoms with Gasteiger partial charge in [-0.3, -0.25) is 9.59 Å². The van der Waals surface area contributed by atoms with Crippen molar-refractivity contribution in [1.82, 2.24) is 5.16 Å². The van der Waals surface area contributed by atoms with Crippen molar-refractivity contribution in [3.63, 3.8) is 0 Å². The van der Waals surface area contributed by atoms with Crippen molar-refractivity contribution in [2.24, 2.45) is 5.73 Å². The van der Waals surface area contributed by atoms with Gasteiger partial charge in [-0.1, -0.05) is 5.16 Å². The first kappa shape index (κ1) is 19.0. The van der Waals surface area contributed by atoms with Crippen molar-refractivity contribution in [2.45, 2.75) is 6.42 Å². The van der Waals surface area contributed by atoms with Crippen LogP contribution in [0.5, 0.6) is 11.5 Å². The van der Waals surface area contributed by atoms with Gasteiger partial charge in [0.05, 0.1) is 26.3 Å². The number of ether oxygens (including phenoxy) is 2. The second-order valence-corrected chi connectivity index (χ2v) is 5.92. The lowest BCUT2D eigenvalue weighted by Gasteiger charge is -2.07. The van der Waals surface area contributed by atoms with Crippen molar-refractivity contribution in [1.29, 1.82) is 0 Å². The average molecular weight is 381 g/mol. The average Bonchev–Trinajstić information content (AvgIpc) is 3.16. The van der Waals surface area contributed by atoms with Gasteiger partial charge in [0.15, 0.2) is 17.3 Å². The van der Waals surface area contributed by atoms with E-state index in [-0.39, 0.29) is 12.3 Å². The summed E-state index contributed by atoms with van der Waals surface area (Å²) in [6.45, 7) is 0. The Kier molecular flexibility index (Phi) is 5.59. The minimum Gasteiger partial charge on any atom is -0.493 e. The Morgan fingerprint density at radius 2 is 1.75 bits per heavy atom. The third-order valence-electron chi connectivity index (χ3n) is 4.02. The van der Waals surface area contributed by atoms with Crippen molar-refractivity contribution in [3.05, 3.63) is 59.8 Å². The molecule has 1 aromatic heterocycles. The van der Waals surface area contributed by atoms with E-state index in [1.165, 1.54) is 0 Å². The van der Waals surface area contributed by atoms with E-state index in [1.54, 1.807) is 56.7 Å². The van der Waals surface area contributed by atoms with Crippen LogP contribution in [-0.4, -0.2) is 31.2 Å². The summed E-state index contributed by atoms with van der Waals surface area (Å²) < 4.78 is 15.8. The fraction of sp³-hybridized carbons (Fsp3) is 0.150. The van der Waals surface area contributed by atoms with Gasteiger partial charge in [0, 0.05) is 22.9 Å². The Labute approximate surface area is 161 Å². The Hall–Kier alpha value is -3.81. The largest absolute Gasteiger partial charge is 0.493 e. The highest BCUT2D eigenvalue weighted by molar-refractivity contribution is 5.95. The fourth-order valence-corrected chi connectivity index (χ4v) is 2.61. The van der Waals surface area contributed by atoms with Crippen molar-refractivity contribution in [3.8, 4) is 22.8 Å². The molecule has 28 heavy (non-hydrogen) atoms. The molecule has 0 aliphatic heterocycles. The predicted molar refractivity (Wildman–Crippen MR) is 102 cm³/mol. The zero-order valence-corrected chi connectivity index (χ0v) is 15.4. The van der Waals surface area contributed by atoms with Crippen molar-refractivity contribution < 1.29 is 23.6 Å². The summed E-state index contributed by atoms with van der Waals surface area (Å²) in [4.78, 5) is 23.3. The zero-order chi connectivity index (χ0) is 20.1. The molecule has 2 aromatic carbocycles. The number of methoxy groups -OCH3 is 2. The number of hydrogen-bond acceptors (Lipinski definition) is 6. The summed E-state index contributed by atoms with van der Waals surface area (Å²) in [7, 11) is 3.11. The highest BCUT2D eigenvalue weighted by atomic mass is 16.5. The minimum atomic E-state index is -0.525. The highest BCUT2D eigenvalue weighted by Gasteiger charge is 2.13. The summed E-state index contributed by atoms with van der Waals surface area (Å²) in [5.41, 5.74) is 7.35. The third kappa shape index (κ3) is 4.29. The van der Waals surface area contributed by atoms with Gasteiger partial charge in [-0.15, -0.1) is 0 Å². The zero-order valence-electron chi connectivity index (χ0n) is 15.4. The van der Waals surface area contributed by atoms with E-state index < -0.39 is 5.91 Å². The maximum absolute atomic E-state index is 12.2. The summed E-state index contributed by atoms with van der Waals surface area (Å²) >= 11 is 0. The minimum absolute atomic E-state index is 0.0361. The van der Waals surface area contributed by atoms with Crippen molar-refractivity contribution in [2.75, 3.05) is 19.5 Å². The molecule has 2 amide bonds. The lowest BCUT2D eigenvalue weighted by Crippen LogP contribution is -2.15. The SMILES string of the molecule is COc1ccc(-c2cc(CC(=O)Nc3ccc(C(N)=O)cc3)no2)cc1OC. The molecule has 1 heterocycles. The van der Waals surface area contributed by atoms with Gasteiger partial charge in [-0.05, 0) is 42.5 Å². The normalized spacial score (nSPS) is 10.4. The Morgan fingerprint density at radius 1 is 1.04 bits per heavy atom. The Bertz CT molecular complexity index is 995. The number of benzene rings is 2. The van der Waals surface area contributed by atoms with Crippen LogP contribution in [0.25, 0.3) is 11.3 Å². The van der Waals surface area contributed by atoms with E-state index >= 15 is 0 Å². The van der Waals surface area contributed by atoms with E-state index in [9.17, 15) is 9.59 Å². The lowest BCUT2D eigenvalue weighted by molar-refractivity contribution is -0.115. The van der Waals surface area contributed by atoms with Crippen LogP contribution >= 0.6 is 0 Å². The van der Waals surface area contributed by atoms with Gasteiger partial charge < -0.3 is 25.0 Å². The maximum atomic E-state index is 12.2. The molecular weight excluding hydrogens is 362 g/mol. The monoisotopic (exact) mass is 381 g/mol. The molecule has 0 spiro atoms. The van der Waals surface area contributed by atoms with Crippen LogP contribution in [-0.2, 0) is 11.2 Å². The summed E-state index contributed by atoms with van der Waals surface area (Å²) in [5.74, 6) is 0.888. The second-order valence-electron chi connectivity index (χ2n) is 5.92. The van der Waals surface area contributed by atoms with E-state index in [0.717, 1.165) is 5.56 Å². The molecule has 3 aromatic rings. The number of hydrogen-bond donors (Lipinski definition) is 2. The van der Waals surface area contributed by atoms with Crippen LogP contribution in [0.2, 0.25) is 0 Å². The molecule has 0 radical (unpaired) electrons. The van der Waals surface area contributed by atoms with Crippen LogP contribution in [0, 0.1) is 0 Å². The van der Waals surface area contributed by atoms with Crippen LogP contribution in [0.15, 0.2) is 53.1 Å². The van der Waals surface area contributed by atoms with E-state index in [2.05, 4.69) is 10.5 Å². The fourth-order valence-electron chi connectivity index (χ4n) is 2.61. The van der Waals surface area contributed by atoms with Crippen LogP contribution in [0.3, 0.4) is 0 Å². The number of aromatic nitrogens is 1. The smallest absolute Gasteiger partial charge is 0.248 e. The number of anilines is 1. The molecule has 3 rings (SSSR count). The first-order valence-electron chi connectivity index (χ1n) is 8.38. The van der Waals surface area contributed by atoms with Gasteiger partial charge in [0.2, 0.25) is 11.8 Å². The van der Waals surface area contributed by atoms with E-state index in [0.29, 0.717) is 34.2 Å². The molecule has 0 atom stereocenters. The molecule has 8 nitrogen and oxygen atoms in total. The van der Waals surface area contributed by atoms with Crippen LogP contribution in [0.4, 0.5) is 5.69 Å². The molecule has 0 aliphatic rings. The summed E-state index contributed by atoms with van der Waals surface area (Å²) in [6, 6.07) is 13.3. The molecule has 0 aliphatic carbocycles. The molecular formula is C20H19N3O5. The number of amides is 2. The third-order valence-corrected chi connectivity index (χ3v) is 4.02. The molecule has 144 valence electrons.